The molecule has 2 aliphatic carbocycles. The number of allylic oxidation sites excluding steroid dienone is 3. The van der Waals surface area contributed by atoms with Crippen LogP contribution in [-0.4, -0.2) is 73.2 Å². The molecule has 3 amide bonds. The smallest absolute Gasteiger partial charge is 0.340 e. The van der Waals surface area contributed by atoms with Crippen molar-refractivity contribution in [2.24, 2.45) is 23.3 Å². The van der Waals surface area contributed by atoms with Crippen molar-refractivity contribution in [1.29, 1.82) is 0 Å². The summed E-state index contributed by atoms with van der Waals surface area (Å²) in [5, 5.41) is 4.17. The summed E-state index contributed by atoms with van der Waals surface area (Å²) in [5.74, 6) is -3.49. The van der Waals surface area contributed by atoms with Crippen LogP contribution in [0, 0.1) is 11.8 Å². The number of carbonyl (C=O) groups excluding carboxylic acids is 3. The minimum Gasteiger partial charge on any atom is -0.340 e. The number of carbonyl (C=O) groups is 3. The van der Waals surface area contributed by atoms with Gasteiger partial charge in [0, 0.05) is 56.6 Å². The van der Waals surface area contributed by atoms with Crippen LogP contribution in [0.5, 0.6) is 0 Å². The molecule has 0 aromatic heterocycles. The van der Waals surface area contributed by atoms with Crippen LogP contribution < -0.4 is 26.7 Å². The van der Waals surface area contributed by atoms with Crippen molar-refractivity contribution in [3.8, 4) is 0 Å². The molecule has 15 heteroatoms. The number of amides is 3. The molecule has 0 bridgehead atoms. The lowest BCUT2D eigenvalue weighted by atomic mass is 9.75. The molecule has 238 valence electrons. The van der Waals surface area contributed by atoms with Crippen LogP contribution in [0.25, 0.3) is 0 Å². The van der Waals surface area contributed by atoms with Gasteiger partial charge in [-0.15, -0.1) is 0 Å². The standard InChI is InChI=1S/C29H32F6N6O3/c1-15(11-22(42)39-40(9-7-36)10-8-37)26(43)38-21-12-16-5-6-18(29(33,34)35)14-20-23(16)25-24(20)41(25,27(21)44)19-4-2-3-17(13-19)28(30,31)32/h2-6,13-15,20-21,24-25H,7-12,36-37H2,1H3,(H-,38,39,42,43)/p+1. The highest BCUT2D eigenvalue weighted by atomic mass is 19.4. The first-order chi connectivity index (χ1) is 20.6. The molecule has 0 radical (unpaired) electrons. The molecule has 1 saturated carbocycles. The number of halogens is 6. The van der Waals surface area contributed by atoms with Gasteiger partial charge >= 0.3 is 18.3 Å². The van der Waals surface area contributed by atoms with Gasteiger partial charge in [-0.05, 0) is 17.7 Å². The van der Waals surface area contributed by atoms with Crippen LogP contribution in [0.3, 0.4) is 0 Å². The van der Waals surface area contributed by atoms with Gasteiger partial charge in [0.1, 0.15) is 11.7 Å². The highest BCUT2D eigenvalue weighted by Gasteiger charge is 2.86. The average molecular weight is 628 g/mol. The number of hydrazine groups is 1. The van der Waals surface area contributed by atoms with Crippen molar-refractivity contribution < 1.29 is 40.7 Å². The summed E-state index contributed by atoms with van der Waals surface area (Å²) in [6, 6.07) is 1.60. The van der Waals surface area contributed by atoms with Gasteiger partial charge in [-0.1, -0.05) is 31.2 Å². The zero-order chi connectivity index (χ0) is 32.2. The number of hydrogen-bond acceptors (Lipinski definition) is 6. The lowest BCUT2D eigenvalue weighted by Crippen LogP contribution is -2.53. The van der Waals surface area contributed by atoms with Crippen LogP contribution in [0.15, 0.2) is 59.2 Å². The number of nitrogens with two attached hydrogens (primary N) is 2. The predicted molar refractivity (Wildman–Crippen MR) is 148 cm³/mol. The monoisotopic (exact) mass is 627 g/mol. The van der Waals surface area contributed by atoms with Gasteiger partial charge in [0.15, 0.2) is 12.1 Å². The SMILES string of the molecule is CC(CC(=O)NN(CCN)CCN)C(=O)NC1CC2=C3C(C=C(C(F)(F)F)C=C2)C2C3[N+]2(c2cccc(C(F)(F)F)c2)C1=O. The first-order valence-electron chi connectivity index (χ1n) is 14.2. The minimum absolute atomic E-state index is 0.000777. The van der Waals surface area contributed by atoms with E-state index in [4.69, 9.17) is 11.5 Å². The summed E-state index contributed by atoms with van der Waals surface area (Å²) in [6.45, 7) is 2.63. The van der Waals surface area contributed by atoms with Crippen LogP contribution in [0.1, 0.15) is 25.3 Å². The van der Waals surface area contributed by atoms with E-state index in [-0.39, 0.29) is 31.6 Å². The number of hydrogen-bond donors (Lipinski definition) is 4. The number of quaternary nitrogens is 1. The first kappa shape index (κ1) is 31.9. The Morgan fingerprint density at radius 2 is 1.75 bits per heavy atom. The molecule has 9 nitrogen and oxygen atoms in total. The normalized spacial score (nSPS) is 28.0. The fourth-order valence-electron chi connectivity index (χ4n) is 6.76. The molecule has 4 aliphatic rings. The molecule has 2 fully saturated rings. The molecule has 1 saturated heterocycles. The van der Waals surface area contributed by atoms with E-state index in [1.807, 2.05) is 0 Å². The number of alkyl halides is 6. The largest absolute Gasteiger partial charge is 0.416 e. The average Bonchev–Trinajstić information content (AvgIpc) is 3.58. The van der Waals surface area contributed by atoms with E-state index in [0.29, 0.717) is 24.2 Å². The van der Waals surface area contributed by atoms with E-state index in [1.54, 1.807) is 0 Å². The van der Waals surface area contributed by atoms with E-state index in [0.717, 1.165) is 30.4 Å². The van der Waals surface area contributed by atoms with E-state index < -0.39 is 75.7 Å². The van der Waals surface area contributed by atoms with Crippen molar-refractivity contribution in [1.82, 2.24) is 20.2 Å². The minimum atomic E-state index is -4.72. The number of benzene rings is 1. The zero-order valence-corrected chi connectivity index (χ0v) is 23.7. The Morgan fingerprint density at radius 1 is 1.07 bits per heavy atom. The summed E-state index contributed by atoms with van der Waals surface area (Å²) < 4.78 is 81.7. The van der Waals surface area contributed by atoms with Crippen molar-refractivity contribution >= 4 is 23.4 Å². The molecule has 6 N–H and O–H groups in total. The molecule has 2 heterocycles. The Balaban J connectivity index is 1.44. The molecule has 5 rings (SSSR count). The van der Waals surface area contributed by atoms with Gasteiger partial charge in [0.2, 0.25) is 11.8 Å². The summed E-state index contributed by atoms with van der Waals surface area (Å²) in [7, 11) is 0. The lowest BCUT2D eigenvalue weighted by molar-refractivity contribution is -0.138. The fraction of sp³-hybridized carbons (Fsp3) is 0.483. The number of rotatable bonds is 10. The number of nitrogens with one attached hydrogen (secondary N) is 2. The van der Waals surface area contributed by atoms with Crippen molar-refractivity contribution in [2.75, 3.05) is 26.2 Å². The summed E-state index contributed by atoms with van der Waals surface area (Å²) >= 11 is 0. The fourth-order valence-corrected chi connectivity index (χ4v) is 6.76. The molecular weight excluding hydrogens is 594 g/mol. The second-order valence-corrected chi connectivity index (χ2v) is 11.5. The van der Waals surface area contributed by atoms with Gasteiger partial charge in [-0.25, -0.2) is 14.3 Å². The van der Waals surface area contributed by atoms with E-state index >= 15 is 0 Å². The second-order valence-electron chi connectivity index (χ2n) is 11.5. The number of fused-ring (bicyclic) bond motifs is 2. The van der Waals surface area contributed by atoms with Crippen molar-refractivity contribution in [3.05, 3.63) is 64.8 Å². The molecule has 44 heavy (non-hydrogen) atoms. The second kappa shape index (κ2) is 11.4. The molecule has 1 aromatic carbocycles. The topological polar surface area (TPSA) is 131 Å². The highest BCUT2D eigenvalue weighted by molar-refractivity contribution is 6.03. The Kier molecular flexibility index (Phi) is 8.29. The first-order valence-corrected chi connectivity index (χ1v) is 14.2. The van der Waals surface area contributed by atoms with Crippen LogP contribution in [0.2, 0.25) is 0 Å². The molecule has 2 aliphatic heterocycles. The lowest BCUT2D eigenvalue weighted by Gasteiger charge is -2.27. The Morgan fingerprint density at radius 3 is 2.36 bits per heavy atom. The highest BCUT2D eigenvalue weighted by Crippen LogP contribution is 2.67. The zero-order valence-electron chi connectivity index (χ0n) is 23.7. The maximum Gasteiger partial charge on any atom is 0.416 e. The third-order valence-corrected chi connectivity index (χ3v) is 8.73. The third-order valence-electron chi connectivity index (χ3n) is 8.73. The molecular formula is C29H33F6N6O3+. The van der Waals surface area contributed by atoms with Crippen molar-refractivity contribution in [2.45, 2.75) is 50.2 Å². The molecule has 1 aromatic rings. The summed E-state index contributed by atoms with van der Waals surface area (Å²) in [6.07, 6.45) is -6.54. The maximum absolute atomic E-state index is 14.3. The maximum atomic E-state index is 14.3. The van der Waals surface area contributed by atoms with Gasteiger partial charge in [-0.3, -0.25) is 15.0 Å². The Hall–Kier alpha value is -3.53. The van der Waals surface area contributed by atoms with E-state index in [9.17, 15) is 40.7 Å². The molecule has 6 unspecified atom stereocenters. The summed E-state index contributed by atoms with van der Waals surface area (Å²) in [4.78, 5) is 40.1. The van der Waals surface area contributed by atoms with Gasteiger partial charge < -0.3 is 16.8 Å². The van der Waals surface area contributed by atoms with Crippen LogP contribution >= 0.6 is 0 Å². The van der Waals surface area contributed by atoms with E-state index in [2.05, 4.69) is 10.7 Å². The molecule has 0 spiro atoms. The van der Waals surface area contributed by atoms with Gasteiger partial charge in [0.25, 0.3) is 0 Å². The Bertz CT molecular complexity index is 1450. The van der Waals surface area contributed by atoms with Crippen molar-refractivity contribution in [3.63, 3.8) is 0 Å². The van der Waals surface area contributed by atoms with Gasteiger partial charge in [-0.2, -0.15) is 26.3 Å². The van der Waals surface area contributed by atoms with Gasteiger partial charge in [0.05, 0.1) is 17.1 Å². The predicted octanol–water partition coefficient (Wildman–Crippen LogP) is 2.44. The molecule has 6 atom stereocenters. The quantitative estimate of drug-likeness (QED) is 0.137. The van der Waals surface area contributed by atoms with Crippen LogP contribution in [-0.2, 0) is 20.6 Å². The van der Waals surface area contributed by atoms with Crippen LogP contribution in [0.4, 0.5) is 32.0 Å². The number of nitrogens with zero attached hydrogens (tertiary/aromatic N) is 2. The summed E-state index contributed by atoms with van der Waals surface area (Å²) in [5.41, 5.74) is 12.8. The third kappa shape index (κ3) is 5.46. The Labute approximate surface area is 249 Å². The van der Waals surface area contributed by atoms with E-state index in [1.165, 1.54) is 24.1 Å².